The van der Waals surface area contributed by atoms with Gasteiger partial charge >= 0.3 is 0 Å². The number of rotatable bonds is 4. The van der Waals surface area contributed by atoms with E-state index in [4.69, 9.17) is 5.73 Å². The molecule has 1 fully saturated rings. The summed E-state index contributed by atoms with van der Waals surface area (Å²) >= 11 is 1.53. The third kappa shape index (κ3) is 3.42. The molecule has 23 heavy (non-hydrogen) atoms. The zero-order valence-electron chi connectivity index (χ0n) is 13.0. The van der Waals surface area contributed by atoms with Crippen LogP contribution < -0.4 is 5.73 Å². The van der Waals surface area contributed by atoms with Crippen molar-refractivity contribution in [2.75, 3.05) is 6.54 Å². The lowest BCUT2D eigenvalue weighted by Crippen LogP contribution is -2.44. The highest BCUT2D eigenvalue weighted by Gasteiger charge is 2.32. The van der Waals surface area contributed by atoms with Crippen molar-refractivity contribution >= 4 is 23.2 Å². The van der Waals surface area contributed by atoms with Gasteiger partial charge in [-0.3, -0.25) is 9.59 Å². The van der Waals surface area contributed by atoms with Crippen molar-refractivity contribution < 1.29 is 9.59 Å². The molecule has 6 heteroatoms. The molecule has 0 spiro atoms. The van der Waals surface area contributed by atoms with Crippen LogP contribution in [0.4, 0.5) is 0 Å². The highest BCUT2D eigenvalue weighted by Crippen LogP contribution is 2.25. The molecule has 2 heterocycles. The molecule has 1 saturated heterocycles. The minimum Gasteiger partial charge on any atom is -0.368 e. The lowest BCUT2D eigenvalue weighted by molar-refractivity contribution is -0.136. The summed E-state index contributed by atoms with van der Waals surface area (Å²) in [5.41, 5.74) is 8.35. The largest absolute Gasteiger partial charge is 0.368 e. The highest BCUT2D eigenvalue weighted by atomic mass is 32.1. The van der Waals surface area contributed by atoms with Crippen LogP contribution in [-0.2, 0) is 16.0 Å². The van der Waals surface area contributed by atoms with E-state index >= 15 is 0 Å². The van der Waals surface area contributed by atoms with Crippen LogP contribution in [0.25, 0.3) is 10.6 Å². The molecule has 120 valence electrons. The smallest absolute Gasteiger partial charge is 0.240 e. The number of benzene rings is 1. The first-order chi connectivity index (χ1) is 11.0. The van der Waals surface area contributed by atoms with Gasteiger partial charge in [-0.1, -0.05) is 23.8 Å². The minimum absolute atomic E-state index is 0.0765. The maximum Gasteiger partial charge on any atom is 0.240 e. The van der Waals surface area contributed by atoms with Crippen molar-refractivity contribution in [1.82, 2.24) is 9.88 Å². The van der Waals surface area contributed by atoms with E-state index in [1.165, 1.54) is 16.9 Å². The van der Waals surface area contributed by atoms with Crippen molar-refractivity contribution in [2.24, 2.45) is 5.73 Å². The summed E-state index contributed by atoms with van der Waals surface area (Å²) in [7, 11) is 0. The van der Waals surface area contributed by atoms with E-state index in [1.807, 2.05) is 30.5 Å². The van der Waals surface area contributed by atoms with E-state index in [1.54, 1.807) is 4.90 Å². The Kier molecular flexibility index (Phi) is 4.43. The van der Waals surface area contributed by atoms with E-state index in [0.29, 0.717) is 13.0 Å². The summed E-state index contributed by atoms with van der Waals surface area (Å²) in [5.74, 6) is -0.498. The zero-order chi connectivity index (χ0) is 16.4. The molecular formula is C17H19N3O2S. The van der Waals surface area contributed by atoms with Gasteiger partial charge in [0.05, 0.1) is 12.1 Å². The van der Waals surface area contributed by atoms with Gasteiger partial charge < -0.3 is 10.6 Å². The van der Waals surface area contributed by atoms with E-state index in [2.05, 4.69) is 11.1 Å². The monoisotopic (exact) mass is 329 g/mol. The Labute approximate surface area is 139 Å². The summed E-state index contributed by atoms with van der Waals surface area (Å²) in [6.07, 6.45) is 1.70. The first-order valence-electron chi connectivity index (χ1n) is 7.65. The Bertz CT molecular complexity index is 741. The van der Waals surface area contributed by atoms with E-state index in [-0.39, 0.29) is 12.3 Å². The first-order valence-corrected chi connectivity index (χ1v) is 8.53. The molecule has 0 radical (unpaired) electrons. The number of likely N-dealkylation sites (tertiary alicyclic amines) is 1. The fraction of sp³-hybridized carbons (Fsp3) is 0.353. The Morgan fingerprint density at radius 3 is 3.00 bits per heavy atom. The molecule has 1 aromatic heterocycles. The Balaban J connectivity index is 1.72. The quantitative estimate of drug-likeness (QED) is 0.933. The normalized spacial score (nSPS) is 17.4. The van der Waals surface area contributed by atoms with Crippen molar-refractivity contribution in [3.63, 3.8) is 0 Å². The average molecular weight is 329 g/mol. The number of amides is 2. The standard InChI is InChI=1S/C17H19N3O2S/c1-11-4-2-5-12(8-11)17-19-13(10-23-17)9-15(21)20-7-3-6-14(20)16(18)22/h2,4-5,8,10,14H,3,6-7,9H2,1H3,(H2,18,22). The van der Waals surface area contributed by atoms with Crippen LogP contribution in [0, 0.1) is 6.92 Å². The van der Waals surface area contributed by atoms with Gasteiger partial charge in [-0.05, 0) is 25.8 Å². The first kappa shape index (κ1) is 15.7. The van der Waals surface area contributed by atoms with Crippen LogP contribution in [0.5, 0.6) is 0 Å². The van der Waals surface area contributed by atoms with Crippen molar-refractivity contribution in [1.29, 1.82) is 0 Å². The van der Waals surface area contributed by atoms with E-state index in [9.17, 15) is 9.59 Å². The molecule has 0 aliphatic carbocycles. The van der Waals surface area contributed by atoms with Gasteiger partial charge in [0.2, 0.25) is 11.8 Å². The molecule has 3 rings (SSSR count). The predicted molar refractivity (Wildman–Crippen MR) is 89.9 cm³/mol. The molecule has 1 aliphatic heterocycles. The predicted octanol–water partition coefficient (Wildman–Crippen LogP) is 2.14. The number of hydrogen-bond acceptors (Lipinski definition) is 4. The number of aryl methyl sites for hydroxylation is 1. The number of thiazole rings is 1. The van der Waals surface area contributed by atoms with Crippen LogP contribution in [0.3, 0.4) is 0 Å². The molecule has 1 aliphatic rings. The van der Waals surface area contributed by atoms with Gasteiger partial charge in [-0.25, -0.2) is 4.98 Å². The van der Waals surface area contributed by atoms with Crippen molar-refractivity contribution in [2.45, 2.75) is 32.2 Å². The second kappa shape index (κ2) is 6.50. The van der Waals surface area contributed by atoms with Gasteiger partial charge in [0, 0.05) is 17.5 Å². The van der Waals surface area contributed by atoms with Gasteiger partial charge in [0.1, 0.15) is 11.0 Å². The fourth-order valence-electron chi connectivity index (χ4n) is 2.92. The number of aromatic nitrogens is 1. The minimum atomic E-state index is -0.461. The molecule has 2 amide bonds. The third-order valence-corrected chi connectivity index (χ3v) is 4.99. The lowest BCUT2D eigenvalue weighted by Gasteiger charge is -2.21. The van der Waals surface area contributed by atoms with Gasteiger partial charge in [0.25, 0.3) is 0 Å². The number of nitrogens with two attached hydrogens (primary N) is 1. The van der Waals surface area contributed by atoms with Gasteiger partial charge in [0.15, 0.2) is 0 Å². The summed E-state index contributed by atoms with van der Waals surface area (Å²) in [4.78, 5) is 30.0. The molecule has 5 nitrogen and oxygen atoms in total. The number of nitrogens with zero attached hydrogens (tertiary/aromatic N) is 2. The highest BCUT2D eigenvalue weighted by molar-refractivity contribution is 7.13. The Morgan fingerprint density at radius 1 is 1.43 bits per heavy atom. The molecule has 1 unspecified atom stereocenters. The molecule has 1 aromatic carbocycles. The van der Waals surface area contributed by atoms with Crippen molar-refractivity contribution in [3.8, 4) is 10.6 Å². The van der Waals surface area contributed by atoms with E-state index in [0.717, 1.165) is 22.7 Å². The summed E-state index contributed by atoms with van der Waals surface area (Å²) in [6.45, 7) is 2.64. The third-order valence-electron chi connectivity index (χ3n) is 4.05. The maximum atomic E-state index is 12.4. The van der Waals surface area contributed by atoms with Crippen LogP contribution >= 0.6 is 11.3 Å². The van der Waals surface area contributed by atoms with Crippen molar-refractivity contribution in [3.05, 3.63) is 40.9 Å². The lowest BCUT2D eigenvalue weighted by atomic mass is 10.1. The SMILES string of the molecule is Cc1cccc(-c2nc(CC(=O)N3CCCC3C(N)=O)cs2)c1. The molecule has 0 saturated carbocycles. The number of primary amides is 1. The molecule has 2 N–H and O–H groups in total. The molecule has 0 bridgehead atoms. The number of carbonyl (C=O) groups is 2. The Morgan fingerprint density at radius 2 is 2.26 bits per heavy atom. The van der Waals surface area contributed by atoms with Gasteiger partial charge in [-0.2, -0.15) is 0 Å². The zero-order valence-corrected chi connectivity index (χ0v) is 13.8. The van der Waals surface area contributed by atoms with Crippen LogP contribution in [0.1, 0.15) is 24.1 Å². The molecule has 1 atom stereocenters. The number of carbonyl (C=O) groups excluding carboxylic acids is 2. The van der Waals surface area contributed by atoms with Crippen LogP contribution in [0.2, 0.25) is 0 Å². The number of hydrogen-bond donors (Lipinski definition) is 1. The second-order valence-electron chi connectivity index (χ2n) is 5.84. The summed E-state index contributed by atoms with van der Waals surface area (Å²) in [6, 6.07) is 7.67. The van der Waals surface area contributed by atoms with Gasteiger partial charge in [-0.15, -0.1) is 11.3 Å². The molecular weight excluding hydrogens is 310 g/mol. The van der Waals surface area contributed by atoms with Crippen LogP contribution in [0.15, 0.2) is 29.6 Å². The maximum absolute atomic E-state index is 12.4. The Hall–Kier alpha value is -2.21. The van der Waals surface area contributed by atoms with E-state index < -0.39 is 11.9 Å². The molecule has 2 aromatic rings. The summed E-state index contributed by atoms with van der Waals surface area (Å²) in [5, 5.41) is 2.81. The topological polar surface area (TPSA) is 76.3 Å². The fourth-order valence-corrected chi connectivity index (χ4v) is 3.73. The average Bonchev–Trinajstić information content (AvgIpc) is 3.16. The van der Waals surface area contributed by atoms with Crippen LogP contribution in [-0.4, -0.2) is 34.3 Å². The summed E-state index contributed by atoms with van der Waals surface area (Å²) < 4.78 is 0. The second-order valence-corrected chi connectivity index (χ2v) is 6.70.